The first-order valence-corrected chi connectivity index (χ1v) is 9.46. The molecule has 0 saturated carbocycles. The Kier molecular flexibility index (Phi) is 4.69. The molecule has 0 aliphatic carbocycles. The van der Waals surface area contributed by atoms with Crippen LogP contribution in [0.4, 0.5) is 0 Å². The van der Waals surface area contributed by atoms with Crippen molar-refractivity contribution < 1.29 is 21.6 Å². The van der Waals surface area contributed by atoms with E-state index < -0.39 is 24.9 Å². The predicted octanol–water partition coefficient (Wildman–Crippen LogP) is 0.0373. The summed E-state index contributed by atoms with van der Waals surface area (Å²) in [5.74, 6) is 0.0708. The fraction of sp³-hybridized carbons (Fsp3) is 0.500. The molecule has 0 radical (unpaired) electrons. The minimum atomic E-state index is -4.12. The Morgan fingerprint density at radius 2 is 1.86 bits per heavy atom. The quantitative estimate of drug-likeness (QED) is 0.788. The van der Waals surface area contributed by atoms with Crippen LogP contribution in [-0.2, 0) is 24.8 Å². The van der Waals surface area contributed by atoms with Gasteiger partial charge in [0.1, 0.15) is 9.79 Å². The van der Waals surface area contributed by atoms with Gasteiger partial charge in [0.15, 0.2) is 0 Å². The van der Waals surface area contributed by atoms with Gasteiger partial charge in [-0.2, -0.15) is 0 Å². The number of hydrogen-bond donors (Lipinski definition) is 2. The zero-order valence-corrected chi connectivity index (χ0v) is 13.2. The number of rotatable bonds is 5. The molecule has 0 aromatic heterocycles. The maximum absolute atomic E-state index is 12.4. The van der Waals surface area contributed by atoms with Crippen LogP contribution in [-0.4, -0.2) is 36.1 Å². The molecule has 2 unspecified atom stereocenters. The van der Waals surface area contributed by atoms with Crippen molar-refractivity contribution in [3.8, 4) is 0 Å². The highest BCUT2D eigenvalue weighted by Crippen LogP contribution is 2.22. The van der Waals surface area contributed by atoms with Crippen LogP contribution in [0.25, 0.3) is 0 Å². The second kappa shape index (κ2) is 6.01. The largest absolute Gasteiger partial charge is 0.381 e. The number of benzene rings is 1. The van der Waals surface area contributed by atoms with Crippen LogP contribution in [0.15, 0.2) is 34.1 Å². The molecule has 7 nitrogen and oxygen atoms in total. The second-order valence-electron chi connectivity index (χ2n) is 5.03. The van der Waals surface area contributed by atoms with E-state index >= 15 is 0 Å². The topological polar surface area (TPSA) is 116 Å². The molecule has 118 valence electrons. The van der Waals surface area contributed by atoms with Gasteiger partial charge in [-0.1, -0.05) is 12.1 Å². The van der Waals surface area contributed by atoms with Gasteiger partial charge in [0.25, 0.3) is 0 Å². The van der Waals surface area contributed by atoms with Gasteiger partial charge in [-0.15, -0.1) is 0 Å². The molecule has 21 heavy (non-hydrogen) atoms. The Labute approximate surface area is 124 Å². The van der Waals surface area contributed by atoms with Crippen LogP contribution in [0.1, 0.15) is 13.3 Å². The van der Waals surface area contributed by atoms with Gasteiger partial charge < -0.3 is 4.74 Å². The number of ether oxygens (including phenoxy) is 1. The fourth-order valence-corrected chi connectivity index (χ4v) is 4.95. The van der Waals surface area contributed by atoms with Crippen LogP contribution >= 0.6 is 0 Å². The SMILES string of the molecule is CC(NS(=O)(=O)c1ccccc1S(N)(=O)=O)C1CCOC1. The molecule has 0 bridgehead atoms. The second-order valence-corrected chi connectivity index (χ2v) is 8.24. The summed E-state index contributed by atoms with van der Waals surface area (Å²) in [5, 5.41) is 5.07. The third-order valence-corrected chi connectivity index (χ3v) is 6.17. The molecule has 1 aromatic rings. The maximum atomic E-state index is 12.4. The number of hydrogen-bond acceptors (Lipinski definition) is 5. The molecule has 9 heteroatoms. The van der Waals surface area contributed by atoms with Crippen molar-refractivity contribution >= 4 is 20.0 Å². The van der Waals surface area contributed by atoms with E-state index in [0.29, 0.717) is 13.2 Å². The van der Waals surface area contributed by atoms with Crippen LogP contribution in [0.5, 0.6) is 0 Å². The molecule has 2 atom stereocenters. The van der Waals surface area contributed by atoms with Crippen LogP contribution in [0.3, 0.4) is 0 Å². The Morgan fingerprint density at radius 3 is 2.38 bits per heavy atom. The lowest BCUT2D eigenvalue weighted by Crippen LogP contribution is -2.39. The van der Waals surface area contributed by atoms with E-state index in [1.54, 1.807) is 6.92 Å². The summed E-state index contributed by atoms with van der Waals surface area (Å²) in [7, 11) is -8.09. The highest BCUT2D eigenvalue weighted by molar-refractivity contribution is 7.92. The maximum Gasteiger partial charge on any atom is 0.242 e. The number of nitrogens with one attached hydrogen (secondary N) is 1. The monoisotopic (exact) mass is 334 g/mol. The van der Waals surface area contributed by atoms with E-state index in [-0.39, 0.29) is 16.9 Å². The zero-order valence-electron chi connectivity index (χ0n) is 11.5. The minimum absolute atomic E-state index is 0.0708. The molecule has 1 aliphatic rings. The molecular formula is C12H18N2O5S2. The standard InChI is InChI=1S/C12H18N2O5S2/c1-9(10-6-7-19-8-10)14-21(17,18)12-5-3-2-4-11(12)20(13,15)16/h2-5,9-10,14H,6-8H2,1H3,(H2,13,15,16). The third kappa shape index (κ3) is 3.80. The Morgan fingerprint density at radius 1 is 1.24 bits per heavy atom. The summed E-state index contributed by atoms with van der Waals surface area (Å²) >= 11 is 0. The molecule has 1 aliphatic heterocycles. The van der Waals surface area contributed by atoms with E-state index in [4.69, 9.17) is 9.88 Å². The summed E-state index contributed by atoms with van der Waals surface area (Å²) in [6.45, 7) is 2.82. The summed E-state index contributed by atoms with van der Waals surface area (Å²) in [6.07, 6.45) is 0.764. The summed E-state index contributed by atoms with van der Waals surface area (Å²) in [5.41, 5.74) is 0. The summed E-state index contributed by atoms with van der Waals surface area (Å²) in [4.78, 5) is -0.745. The van der Waals surface area contributed by atoms with E-state index in [0.717, 1.165) is 6.42 Å². The molecule has 0 amide bonds. The highest BCUT2D eigenvalue weighted by atomic mass is 32.2. The Hall–Kier alpha value is -1.00. The normalized spacial score (nSPS) is 21.3. The first-order valence-electron chi connectivity index (χ1n) is 6.44. The van der Waals surface area contributed by atoms with Crippen molar-refractivity contribution in [2.75, 3.05) is 13.2 Å². The summed E-state index contributed by atoms with van der Waals surface area (Å²) in [6, 6.07) is 4.92. The zero-order chi connectivity index (χ0) is 15.7. The molecule has 3 N–H and O–H groups in total. The van der Waals surface area contributed by atoms with Crippen molar-refractivity contribution in [3.05, 3.63) is 24.3 Å². The number of primary sulfonamides is 1. The molecule has 1 saturated heterocycles. The molecule has 1 heterocycles. The van der Waals surface area contributed by atoms with Gasteiger partial charge >= 0.3 is 0 Å². The van der Waals surface area contributed by atoms with Crippen molar-refractivity contribution in [1.82, 2.24) is 4.72 Å². The van der Waals surface area contributed by atoms with Gasteiger partial charge in [-0.05, 0) is 25.5 Å². The summed E-state index contributed by atoms with van der Waals surface area (Å²) < 4.78 is 55.5. The Bertz CT molecular complexity index is 709. The van der Waals surface area contributed by atoms with Crippen molar-refractivity contribution in [3.63, 3.8) is 0 Å². The lowest BCUT2D eigenvalue weighted by molar-refractivity contribution is 0.180. The Balaban J connectivity index is 2.32. The van der Waals surface area contributed by atoms with Crippen LogP contribution in [0, 0.1) is 5.92 Å². The highest BCUT2D eigenvalue weighted by Gasteiger charge is 2.29. The van der Waals surface area contributed by atoms with E-state index in [2.05, 4.69) is 4.72 Å². The van der Waals surface area contributed by atoms with Crippen molar-refractivity contribution in [2.45, 2.75) is 29.2 Å². The first-order chi connectivity index (χ1) is 9.72. The molecule has 2 rings (SSSR count). The smallest absolute Gasteiger partial charge is 0.242 e. The van der Waals surface area contributed by atoms with Gasteiger partial charge in [-0.3, -0.25) is 0 Å². The van der Waals surface area contributed by atoms with Gasteiger partial charge in [0.05, 0.1) is 6.61 Å². The first kappa shape index (κ1) is 16.4. The van der Waals surface area contributed by atoms with E-state index in [1.807, 2.05) is 0 Å². The van der Waals surface area contributed by atoms with E-state index in [1.165, 1.54) is 24.3 Å². The van der Waals surface area contributed by atoms with E-state index in [9.17, 15) is 16.8 Å². The predicted molar refractivity (Wildman–Crippen MR) is 76.5 cm³/mol. The lowest BCUT2D eigenvalue weighted by Gasteiger charge is -2.20. The minimum Gasteiger partial charge on any atom is -0.381 e. The fourth-order valence-electron chi connectivity index (χ4n) is 2.26. The molecular weight excluding hydrogens is 316 g/mol. The van der Waals surface area contributed by atoms with Crippen LogP contribution < -0.4 is 9.86 Å². The molecule has 0 spiro atoms. The molecule has 1 fully saturated rings. The van der Waals surface area contributed by atoms with Gasteiger partial charge in [0, 0.05) is 18.6 Å². The number of nitrogens with two attached hydrogens (primary N) is 1. The van der Waals surface area contributed by atoms with Crippen LogP contribution in [0.2, 0.25) is 0 Å². The average molecular weight is 334 g/mol. The average Bonchev–Trinajstić information content (AvgIpc) is 2.91. The van der Waals surface area contributed by atoms with Gasteiger partial charge in [0.2, 0.25) is 20.0 Å². The van der Waals surface area contributed by atoms with Gasteiger partial charge in [-0.25, -0.2) is 26.7 Å². The lowest BCUT2D eigenvalue weighted by atomic mass is 10.0. The third-order valence-electron chi connectivity index (χ3n) is 3.46. The molecule has 1 aromatic carbocycles. The van der Waals surface area contributed by atoms with Crippen molar-refractivity contribution in [1.29, 1.82) is 0 Å². The van der Waals surface area contributed by atoms with Crippen molar-refractivity contribution in [2.24, 2.45) is 11.1 Å². The number of sulfonamides is 2.